The summed E-state index contributed by atoms with van der Waals surface area (Å²) in [7, 11) is 3.19. The molecular formula is C22H25N3O3. The Bertz CT molecular complexity index is 959. The predicted molar refractivity (Wildman–Crippen MR) is 110 cm³/mol. The number of nitrogens with zero attached hydrogens (tertiary/aromatic N) is 1. The first-order chi connectivity index (χ1) is 13.5. The monoisotopic (exact) mass is 379 g/mol. The van der Waals surface area contributed by atoms with Crippen molar-refractivity contribution in [1.29, 1.82) is 0 Å². The summed E-state index contributed by atoms with van der Waals surface area (Å²) in [5.41, 5.74) is 2.60. The van der Waals surface area contributed by atoms with E-state index in [1.807, 2.05) is 56.3 Å². The highest BCUT2D eigenvalue weighted by Gasteiger charge is 2.21. The first-order valence-corrected chi connectivity index (χ1v) is 9.17. The number of aromatic nitrogens is 2. The molecular weight excluding hydrogens is 354 g/mol. The largest absolute Gasteiger partial charge is 0.497 e. The molecule has 0 radical (unpaired) electrons. The minimum Gasteiger partial charge on any atom is -0.497 e. The Morgan fingerprint density at radius 1 is 1.14 bits per heavy atom. The second-order valence-corrected chi connectivity index (χ2v) is 6.81. The molecule has 1 atom stereocenters. The normalized spacial score (nSPS) is 12.5. The fourth-order valence-electron chi connectivity index (χ4n) is 3.01. The number of amides is 1. The summed E-state index contributed by atoms with van der Waals surface area (Å²) < 4.78 is 10.6. The van der Waals surface area contributed by atoms with Gasteiger partial charge in [-0.15, -0.1) is 0 Å². The molecule has 0 bridgehead atoms. The van der Waals surface area contributed by atoms with Gasteiger partial charge in [-0.3, -0.25) is 4.79 Å². The van der Waals surface area contributed by atoms with Crippen LogP contribution < -0.4 is 14.8 Å². The standard InChI is InChI=1S/C22H25N3O3/c1-14(2)21(22-23-17-7-5-6-8-18(17)24-22)25-20(26)12-9-15-13-16(27-3)10-11-19(15)28-4/h5-14,21H,1-4H3,(H,23,24)(H,25,26)/b12-9+/t21-/m0/s1. The number of benzene rings is 2. The topological polar surface area (TPSA) is 76.2 Å². The van der Waals surface area contributed by atoms with Gasteiger partial charge >= 0.3 is 0 Å². The van der Waals surface area contributed by atoms with Crippen molar-refractivity contribution in [2.24, 2.45) is 5.92 Å². The molecule has 0 saturated carbocycles. The molecule has 2 N–H and O–H groups in total. The number of rotatable bonds is 7. The van der Waals surface area contributed by atoms with E-state index in [0.717, 1.165) is 22.4 Å². The Morgan fingerprint density at radius 3 is 2.61 bits per heavy atom. The summed E-state index contributed by atoms with van der Waals surface area (Å²) in [6, 6.07) is 13.0. The first-order valence-electron chi connectivity index (χ1n) is 9.17. The number of para-hydroxylation sites is 2. The highest BCUT2D eigenvalue weighted by atomic mass is 16.5. The first kappa shape index (κ1) is 19.5. The van der Waals surface area contributed by atoms with Crippen LogP contribution in [0.1, 0.15) is 31.3 Å². The maximum atomic E-state index is 12.6. The number of hydrogen-bond donors (Lipinski definition) is 2. The summed E-state index contributed by atoms with van der Waals surface area (Å²) in [6.45, 7) is 4.10. The van der Waals surface area contributed by atoms with Crippen LogP contribution in [-0.2, 0) is 4.79 Å². The number of hydrogen-bond acceptors (Lipinski definition) is 4. The lowest BCUT2D eigenvalue weighted by Gasteiger charge is -2.19. The summed E-state index contributed by atoms with van der Waals surface area (Å²) >= 11 is 0. The van der Waals surface area contributed by atoms with Crippen LogP contribution in [0.15, 0.2) is 48.5 Å². The highest BCUT2D eigenvalue weighted by molar-refractivity contribution is 5.92. The maximum absolute atomic E-state index is 12.6. The second-order valence-electron chi connectivity index (χ2n) is 6.81. The van der Waals surface area contributed by atoms with Crippen molar-refractivity contribution in [2.75, 3.05) is 14.2 Å². The molecule has 1 heterocycles. The van der Waals surface area contributed by atoms with E-state index in [1.54, 1.807) is 20.3 Å². The molecule has 0 fully saturated rings. The Kier molecular flexibility index (Phi) is 5.99. The van der Waals surface area contributed by atoms with Crippen LogP contribution in [0.5, 0.6) is 11.5 Å². The molecule has 0 aliphatic carbocycles. The molecule has 28 heavy (non-hydrogen) atoms. The lowest BCUT2D eigenvalue weighted by Crippen LogP contribution is -2.31. The van der Waals surface area contributed by atoms with Crippen LogP contribution in [0, 0.1) is 5.92 Å². The highest BCUT2D eigenvalue weighted by Crippen LogP contribution is 2.25. The number of carbonyl (C=O) groups excluding carboxylic acids is 1. The average Bonchev–Trinajstić information content (AvgIpc) is 3.13. The smallest absolute Gasteiger partial charge is 0.244 e. The van der Waals surface area contributed by atoms with E-state index in [-0.39, 0.29) is 17.9 Å². The van der Waals surface area contributed by atoms with Crippen molar-refractivity contribution < 1.29 is 14.3 Å². The van der Waals surface area contributed by atoms with Gasteiger partial charge in [0.2, 0.25) is 5.91 Å². The van der Waals surface area contributed by atoms with Crippen LogP contribution in [-0.4, -0.2) is 30.1 Å². The van der Waals surface area contributed by atoms with Crippen molar-refractivity contribution in [2.45, 2.75) is 19.9 Å². The number of imidazole rings is 1. The van der Waals surface area contributed by atoms with Crippen LogP contribution in [0.25, 0.3) is 17.1 Å². The second kappa shape index (κ2) is 8.61. The third kappa shape index (κ3) is 4.34. The van der Waals surface area contributed by atoms with Gasteiger partial charge in [0.25, 0.3) is 0 Å². The third-order valence-corrected chi connectivity index (χ3v) is 4.52. The Morgan fingerprint density at radius 2 is 1.93 bits per heavy atom. The number of methoxy groups -OCH3 is 2. The van der Waals surface area contributed by atoms with E-state index in [2.05, 4.69) is 15.3 Å². The predicted octanol–water partition coefficient (Wildman–Crippen LogP) is 4.11. The molecule has 0 aliphatic heterocycles. The summed E-state index contributed by atoms with van der Waals surface area (Å²) in [5.74, 6) is 2.08. The quantitative estimate of drug-likeness (QED) is 0.606. The molecule has 3 rings (SSSR count). The van der Waals surface area contributed by atoms with E-state index in [0.29, 0.717) is 11.5 Å². The van der Waals surface area contributed by atoms with Gasteiger partial charge in [-0.05, 0) is 42.3 Å². The van der Waals surface area contributed by atoms with Gasteiger partial charge < -0.3 is 19.8 Å². The van der Waals surface area contributed by atoms with E-state index >= 15 is 0 Å². The Balaban J connectivity index is 1.79. The molecule has 2 aromatic carbocycles. The molecule has 146 valence electrons. The summed E-state index contributed by atoms with van der Waals surface area (Å²) in [6.07, 6.45) is 3.21. The number of fused-ring (bicyclic) bond motifs is 1. The fourth-order valence-corrected chi connectivity index (χ4v) is 3.01. The molecule has 1 aromatic heterocycles. The number of ether oxygens (including phenoxy) is 2. The maximum Gasteiger partial charge on any atom is 0.244 e. The minimum atomic E-state index is -0.225. The zero-order valence-corrected chi connectivity index (χ0v) is 16.5. The summed E-state index contributed by atoms with van der Waals surface area (Å²) in [4.78, 5) is 20.5. The SMILES string of the molecule is COc1ccc(OC)c(/C=C/C(=O)N[C@H](c2nc3ccccc3[nH]2)C(C)C)c1. The van der Waals surface area contributed by atoms with E-state index in [9.17, 15) is 4.79 Å². The zero-order valence-electron chi connectivity index (χ0n) is 16.5. The third-order valence-electron chi connectivity index (χ3n) is 4.52. The van der Waals surface area contributed by atoms with E-state index < -0.39 is 0 Å². The van der Waals surface area contributed by atoms with Gasteiger partial charge in [0.05, 0.1) is 31.3 Å². The van der Waals surface area contributed by atoms with Gasteiger partial charge in [-0.25, -0.2) is 4.98 Å². The zero-order chi connectivity index (χ0) is 20.1. The lowest BCUT2D eigenvalue weighted by atomic mass is 10.0. The van der Waals surface area contributed by atoms with Gasteiger partial charge in [-0.2, -0.15) is 0 Å². The molecule has 6 nitrogen and oxygen atoms in total. The van der Waals surface area contributed by atoms with Crippen molar-refractivity contribution in [1.82, 2.24) is 15.3 Å². The molecule has 1 amide bonds. The fraction of sp³-hybridized carbons (Fsp3) is 0.273. The minimum absolute atomic E-state index is 0.171. The molecule has 0 unspecified atom stereocenters. The number of aromatic amines is 1. The Labute approximate surface area is 164 Å². The number of H-pyrrole nitrogens is 1. The van der Waals surface area contributed by atoms with Crippen LogP contribution in [0.3, 0.4) is 0 Å². The molecule has 0 aliphatic rings. The summed E-state index contributed by atoms with van der Waals surface area (Å²) in [5, 5.41) is 3.04. The Hall–Kier alpha value is -3.28. The van der Waals surface area contributed by atoms with Gasteiger partial charge in [-0.1, -0.05) is 26.0 Å². The molecule has 0 saturated heterocycles. The number of nitrogens with one attached hydrogen (secondary N) is 2. The van der Waals surface area contributed by atoms with Crippen molar-refractivity contribution in [3.63, 3.8) is 0 Å². The van der Waals surface area contributed by atoms with Crippen LogP contribution >= 0.6 is 0 Å². The van der Waals surface area contributed by atoms with Crippen molar-refractivity contribution in [3.05, 3.63) is 59.9 Å². The lowest BCUT2D eigenvalue weighted by molar-refractivity contribution is -0.117. The van der Waals surface area contributed by atoms with Gasteiger partial charge in [0.15, 0.2) is 0 Å². The van der Waals surface area contributed by atoms with Gasteiger partial charge in [0.1, 0.15) is 17.3 Å². The molecule has 3 aromatic rings. The van der Waals surface area contributed by atoms with Crippen molar-refractivity contribution >= 4 is 23.0 Å². The van der Waals surface area contributed by atoms with E-state index in [4.69, 9.17) is 9.47 Å². The number of carbonyl (C=O) groups is 1. The van der Waals surface area contributed by atoms with Crippen LogP contribution in [0.2, 0.25) is 0 Å². The van der Waals surface area contributed by atoms with Crippen LogP contribution in [0.4, 0.5) is 0 Å². The van der Waals surface area contributed by atoms with Crippen molar-refractivity contribution in [3.8, 4) is 11.5 Å². The molecule has 6 heteroatoms. The van der Waals surface area contributed by atoms with Gasteiger partial charge in [0, 0.05) is 11.6 Å². The van der Waals surface area contributed by atoms with E-state index in [1.165, 1.54) is 6.08 Å². The molecule has 0 spiro atoms. The average molecular weight is 379 g/mol.